The lowest BCUT2D eigenvalue weighted by molar-refractivity contribution is 0.318. The maximum Gasteiger partial charge on any atom is 0.161 e. The van der Waals surface area contributed by atoms with Crippen molar-refractivity contribution in [1.29, 1.82) is 0 Å². The highest BCUT2D eigenvalue weighted by atomic mass is 35.5. The zero-order valence-electron chi connectivity index (χ0n) is 11.4. The lowest BCUT2D eigenvalue weighted by Crippen LogP contribution is -1.93. The van der Waals surface area contributed by atoms with Gasteiger partial charge in [-0.2, -0.15) is 0 Å². The Hall–Kier alpha value is -2.00. The fourth-order valence-corrected chi connectivity index (χ4v) is 1.93. The van der Waals surface area contributed by atoms with Crippen LogP contribution in [0.3, 0.4) is 0 Å². The van der Waals surface area contributed by atoms with E-state index in [4.69, 9.17) is 16.3 Å². The van der Waals surface area contributed by atoms with Crippen molar-refractivity contribution in [2.75, 3.05) is 6.61 Å². The molecule has 2 rings (SSSR count). The van der Waals surface area contributed by atoms with E-state index < -0.39 is 0 Å². The van der Waals surface area contributed by atoms with Crippen molar-refractivity contribution in [2.45, 2.75) is 13.8 Å². The van der Waals surface area contributed by atoms with Crippen LogP contribution in [0.2, 0.25) is 5.02 Å². The number of ether oxygens (including phenoxy) is 1. The number of aliphatic imine (C=N–C) groups is 1. The van der Waals surface area contributed by atoms with Crippen LogP contribution in [0.25, 0.3) is 0 Å². The molecule has 3 nitrogen and oxygen atoms in total. The Balaban J connectivity index is 2.27. The van der Waals surface area contributed by atoms with E-state index in [0.717, 1.165) is 16.8 Å². The number of rotatable bonds is 4. The lowest BCUT2D eigenvalue weighted by Gasteiger charge is -2.06. The molecule has 2 aromatic carbocycles. The summed E-state index contributed by atoms with van der Waals surface area (Å²) in [6, 6.07) is 10.7. The minimum atomic E-state index is 0.128. The quantitative estimate of drug-likeness (QED) is 0.842. The second-order valence-electron chi connectivity index (χ2n) is 4.30. The fourth-order valence-electron chi connectivity index (χ4n) is 1.76. The van der Waals surface area contributed by atoms with E-state index in [0.29, 0.717) is 17.4 Å². The van der Waals surface area contributed by atoms with Gasteiger partial charge in [-0.25, -0.2) is 0 Å². The first-order chi connectivity index (χ1) is 9.61. The molecular weight excluding hydrogens is 274 g/mol. The molecule has 1 N–H and O–H groups in total. The van der Waals surface area contributed by atoms with Crippen LogP contribution in [0.15, 0.2) is 41.4 Å². The van der Waals surface area contributed by atoms with Gasteiger partial charge in [0.1, 0.15) is 0 Å². The van der Waals surface area contributed by atoms with Crippen LogP contribution in [-0.4, -0.2) is 17.9 Å². The zero-order chi connectivity index (χ0) is 14.5. The van der Waals surface area contributed by atoms with Crippen LogP contribution in [0.1, 0.15) is 18.1 Å². The summed E-state index contributed by atoms with van der Waals surface area (Å²) < 4.78 is 5.34. The maximum atomic E-state index is 9.64. The summed E-state index contributed by atoms with van der Waals surface area (Å²) in [7, 11) is 0. The highest BCUT2D eigenvalue weighted by Crippen LogP contribution is 2.28. The highest BCUT2D eigenvalue weighted by molar-refractivity contribution is 6.31. The molecule has 0 amide bonds. The summed E-state index contributed by atoms with van der Waals surface area (Å²) in [4.78, 5) is 4.42. The summed E-state index contributed by atoms with van der Waals surface area (Å²) in [6.07, 6.45) is 1.72. The Morgan fingerprint density at radius 3 is 2.85 bits per heavy atom. The minimum Gasteiger partial charge on any atom is -0.504 e. The van der Waals surface area contributed by atoms with Gasteiger partial charge in [0, 0.05) is 11.2 Å². The van der Waals surface area contributed by atoms with E-state index in [1.54, 1.807) is 24.4 Å². The Morgan fingerprint density at radius 1 is 1.30 bits per heavy atom. The van der Waals surface area contributed by atoms with E-state index in [2.05, 4.69) is 4.99 Å². The van der Waals surface area contributed by atoms with Gasteiger partial charge in [0.25, 0.3) is 0 Å². The highest BCUT2D eigenvalue weighted by Gasteiger charge is 2.03. The molecule has 0 aliphatic heterocycles. The van der Waals surface area contributed by atoms with Gasteiger partial charge in [0.05, 0.1) is 12.3 Å². The van der Waals surface area contributed by atoms with Gasteiger partial charge in [0.15, 0.2) is 11.5 Å². The molecule has 104 valence electrons. The smallest absolute Gasteiger partial charge is 0.161 e. The summed E-state index contributed by atoms with van der Waals surface area (Å²) in [5.41, 5.74) is 2.61. The van der Waals surface area contributed by atoms with Crippen molar-refractivity contribution in [3.8, 4) is 11.5 Å². The number of aromatic hydroxyl groups is 1. The second-order valence-corrected chi connectivity index (χ2v) is 4.71. The molecule has 0 bridgehead atoms. The third-order valence-electron chi connectivity index (χ3n) is 2.88. The van der Waals surface area contributed by atoms with Crippen molar-refractivity contribution in [3.05, 3.63) is 52.5 Å². The molecule has 0 heterocycles. The van der Waals surface area contributed by atoms with Gasteiger partial charge < -0.3 is 9.84 Å². The molecular formula is C16H16ClNO2. The molecule has 0 unspecified atom stereocenters. The van der Waals surface area contributed by atoms with E-state index in [9.17, 15) is 5.11 Å². The van der Waals surface area contributed by atoms with E-state index in [1.807, 2.05) is 32.0 Å². The van der Waals surface area contributed by atoms with Crippen molar-refractivity contribution in [3.63, 3.8) is 0 Å². The first-order valence-corrected chi connectivity index (χ1v) is 6.74. The average molecular weight is 290 g/mol. The number of benzene rings is 2. The molecule has 2 aromatic rings. The molecule has 0 radical (unpaired) electrons. The topological polar surface area (TPSA) is 41.8 Å². The monoisotopic (exact) mass is 289 g/mol. The third-order valence-corrected chi connectivity index (χ3v) is 3.28. The molecule has 0 saturated carbocycles. The largest absolute Gasteiger partial charge is 0.504 e. The Morgan fingerprint density at radius 2 is 2.10 bits per heavy atom. The number of hydrogen-bond acceptors (Lipinski definition) is 3. The summed E-state index contributed by atoms with van der Waals surface area (Å²) in [5.74, 6) is 0.585. The predicted molar refractivity (Wildman–Crippen MR) is 82.7 cm³/mol. The molecule has 20 heavy (non-hydrogen) atoms. The number of halogens is 1. The summed E-state index contributed by atoms with van der Waals surface area (Å²) in [5, 5.41) is 10.3. The van der Waals surface area contributed by atoms with Crippen LogP contribution in [-0.2, 0) is 0 Å². The Kier molecular flexibility index (Phi) is 4.64. The molecule has 0 fully saturated rings. The molecule has 0 aromatic heterocycles. The Labute approximate surface area is 123 Å². The van der Waals surface area contributed by atoms with E-state index in [-0.39, 0.29) is 5.75 Å². The summed E-state index contributed by atoms with van der Waals surface area (Å²) >= 11 is 6.06. The molecule has 0 aliphatic carbocycles. The van der Waals surface area contributed by atoms with Crippen molar-refractivity contribution in [2.24, 2.45) is 4.99 Å². The molecule has 0 atom stereocenters. The normalized spacial score (nSPS) is 10.9. The second kappa shape index (κ2) is 6.44. The lowest BCUT2D eigenvalue weighted by atomic mass is 10.2. The Bertz CT molecular complexity index is 638. The average Bonchev–Trinajstić information content (AvgIpc) is 2.44. The van der Waals surface area contributed by atoms with Gasteiger partial charge >= 0.3 is 0 Å². The van der Waals surface area contributed by atoms with Gasteiger partial charge in [-0.05, 0) is 55.3 Å². The van der Waals surface area contributed by atoms with Crippen molar-refractivity contribution >= 4 is 23.5 Å². The SMILES string of the molecule is CCOc1cc(C=Nc2cccc(Cl)c2C)ccc1O. The molecule has 0 spiro atoms. The third kappa shape index (κ3) is 3.31. The van der Waals surface area contributed by atoms with Crippen LogP contribution < -0.4 is 4.74 Å². The minimum absolute atomic E-state index is 0.128. The first kappa shape index (κ1) is 14.4. The van der Waals surface area contributed by atoms with E-state index in [1.165, 1.54) is 0 Å². The van der Waals surface area contributed by atoms with Crippen LogP contribution in [0.5, 0.6) is 11.5 Å². The predicted octanol–water partition coefficient (Wildman–Crippen LogP) is 4.50. The van der Waals surface area contributed by atoms with Gasteiger partial charge in [-0.15, -0.1) is 0 Å². The first-order valence-electron chi connectivity index (χ1n) is 6.37. The number of phenolic OH excluding ortho intramolecular Hbond substituents is 1. The van der Waals surface area contributed by atoms with E-state index >= 15 is 0 Å². The maximum absolute atomic E-state index is 9.64. The van der Waals surface area contributed by atoms with Crippen molar-refractivity contribution in [1.82, 2.24) is 0 Å². The fraction of sp³-hybridized carbons (Fsp3) is 0.188. The van der Waals surface area contributed by atoms with Gasteiger partial charge in [0.2, 0.25) is 0 Å². The molecule has 0 saturated heterocycles. The van der Waals surface area contributed by atoms with Crippen LogP contribution in [0, 0.1) is 6.92 Å². The summed E-state index contributed by atoms with van der Waals surface area (Å²) in [6.45, 7) is 4.30. The molecule has 0 aliphatic rings. The van der Waals surface area contributed by atoms with Gasteiger partial charge in [-0.1, -0.05) is 17.7 Å². The number of phenols is 1. The number of nitrogens with zero attached hydrogens (tertiary/aromatic N) is 1. The standard InChI is InChI=1S/C16H16ClNO2/c1-3-20-16-9-12(7-8-15(16)19)10-18-14-6-4-5-13(17)11(14)2/h4-10,19H,3H2,1-2H3. The van der Waals surface area contributed by atoms with Gasteiger partial charge in [-0.3, -0.25) is 4.99 Å². The van der Waals surface area contributed by atoms with Crippen LogP contribution in [0.4, 0.5) is 5.69 Å². The van der Waals surface area contributed by atoms with Crippen LogP contribution >= 0.6 is 11.6 Å². The number of hydrogen-bond donors (Lipinski definition) is 1. The van der Waals surface area contributed by atoms with Crippen molar-refractivity contribution < 1.29 is 9.84 Å². The zero-order valence-corrected chi connectivity index (χ0v) is 12.2. The molecule has 4 heteroatoms.